The van der Waals surface area contributed by atoms with E-state index in [9.17, 15) is 19.5 Å². The quantitative estimate of drug-likeness (QED) is 0.252. The second-order valence-corrected chi connectivity index (χ2v) is 6.78. The van der Waals surface area contributed by atoms with Crippen molar-refractivity contribution in [2.75, 3.05) is 13.2 Å². The first-order valence-electron chi connectivity index (χ1n) is 9.94. The topological polar surface area (TPSA) is 89.9 Å². The van der Waals surface area contributed by atoms with Gasteiger partial charge in [0, 0.05) is 0 Å². The van der Waals surface area contributed by atoms with E-state index in [2.05, 4.69) is 13.8 Å². The molecule has 0 aliphatic carbocycles. The minimum absolute atomic E-state index is 0.130. The second-order valence-electron chi connectivity index (χ2n) is 6.78. The summed E-state index contributed by atoms with van der Waals surface area (Å²) in [4.78, 5) is 35.6. The Morgan fingerprint density at radius 1 is 0.769 bits per heavy atom. The number of aliphatic hydroxyl groups is 1. The van der Waals surface area contributed by atoms with Crippen molar-refractivity contribution < 1.29 is 29.0 Å². The van der Waals surface area contributed by atoms with Crippen LogP contribution >= 0.6 is 0 Å². The van der Waals surface area contributed by atoms with E-state index in [0.29, 0.717) is 6.42 Å². The summed E-state index contributed by atoms with van der Waals surface area (Å²) in [5.41, 5.74) is -2.46. The van der Waals surface area contributed by atoms with E-state index in [1.807, 2.05) is 0 Å². The molecule has 0 saturated heterocycles. The van der Waals surface area contributed by atoms with Crippen LogP contribution in [0, 0.1) is 0 Å². The zero-order chi connectivity index (χ0) is 19.8. The molecule has 0 aliphatic rings. The smallest absolute Gasteiger partial charge is 0.346 e. The molecule has 152 valence electrons. The molecule has 1 N–H and O–H groups in total. The van der Waals surface area contributed by atoms with Gasteiger partial charge in [0.15, 0.2) is 5.78 Å². The minimum Gasteiger partial charge on any atom is -0.466 e. The number of Topliss-reactive ketones (excluding diaryl/α,β-unsaturated/α-hetero) is 1. The van der Waals surface area contributed by atoms with Crippen molar-refractivity contribution in [1.82, 2.24) is 0 Å². The average molecular weight is 373 g/mol. The van der Waals surface area contributed by atoms with Crippen LogP contribution in [0.2, 0.25) is 0 Å². The average Bonchev–Trinajstić information content (AvgIpc) is 2.60. The molecule has 0 fully saturated rings. The number of rotatable bonds is 16. The number of hydrogen-bond acceptors (Lipinski definition) is 6. The van der Waals surface area contributed by atoms with E-state index in [1.54, 1.807) is 0 Å². The number of unbranched alkanes of at least 4 members (excludes halogenated alkanes) is 8. The van der Waals surface area contributed by atoms with E-state index in [-0.39, 0.29) is 13.2 Å². The first-order chi connectivity index (χ1) is 12.4. The van der Waals surface area contributed by atoms with Crippen LogP contribution in [0.4, 0.5) is 0 Å². The maximum absolute atomic E-state index is 12.1. The van der Waals surface area contributed by atoms with Gasteiger partial charge in [-0.2, -0.15) is 0 Å². The van der Waals surface area contributed by atoms with Gasteiger partial charge in [-0.15, -0.1) is 0 Å². The summed E-state index contributed by atoms with van der Waals surface area (Å²) >= 11 is 0. The molecule has 6 heteroatoms. The molecule has 0 spiro atoms. The number of carbonyl (C=O) groups is 3. The molecule has 1 atom stereocenters. The first kappa shape index (κ1) is 24.6. The molecule has 0 aromatic carbocycles. The molecule has 0 unspecified atom stereocenters. The Kier molecular flexibility index (Phi) is 13.9. The Morgan fingerprint density at radius 3 is 1.69 bits per heavy atom. The number of ketones is 1. The number of esters is 2. The molecule has 0 aromatic heterocycles. The van der Waals surface area contributed by atoms with Crippen molar-refractivity contribution >= 4 is 17.7 Å². The van der Waals surface area contributed by atoms with Gasteiger partial charge in [-0.05, 0) is 19.8 Å². The van der Waals surface area contributed by atoms with Crippen LogP contribution < -0.4 is 0 Å². The molecule has 0 bridgehead atoms. The maximum atomic E-state index is 12.1. The normalized spacial score (nSPS) is 13.1. The van der Waals surface area contributed by atoms with Crippen LogP contribution in [0.15, 0.2) is 0 Å². The van der Waals surface area contributed by atoms with Crippen LogP contribution in [0.5, 0.6) is 0 Å². The van der Waals surface area contributed by atoms with Gasteiger partial charge in [0.05, 0.1) is 19.6 Å². The highest BCUT2D eigenvalue weighted by atomic mass is 16.6. The third-order valence-corrected chi connectivity index (χ3v) is 4.31. The van der Waals surface area contributed by atoms with E-state index < -0.39 is 29.7 Å². The summed E-state index contributed by atoms with van der Waals surface area (Å²) < 4.78 is 10.0. The Labute approximate surface area is 157 Å². The lowest BCUT2D eigenvalue weighted by Gasteiger charge is -2.22. The maximum Gasteiger partial charge on any atom is 0.346 e. The second kappa shape index (κ2) is 14.7. The highest BCUT2D eigenvalue weighted by molar-refractivity contribution is 6.08. The van der Waals surface area contributed by atoms with Gasteiger partial charge in [0.25, 0.3) is 0 Å². The molecule has 0 saturated carbocycles. The van der Waals surface area contributed by atoms with Gasteiger partial charge in [0.1, 0.15) is 0 Å². The molecular weight excluding hydrogens is 336 g/mol. The third kappa shape index (κ3) is 10.5. The van der Waals surface area contributed by atoms with Crippen LogP contribution in [-0.4, -0.2) is 41.6 Å². The van der Waals surface area contributed by atoms with Gasteiger partial charge >= 0.3 is 11.9 Å². The monoisotopic (exact) mass is 372 g/mol. The fourth-order valence-electron chi connectivity index (χ4n) is 2.48. The Hall–Kier alpha value is -1.43. The number of carbonyl (C=O) groups excluding carboxylic acids is 3. The molecule has 0 amide bonds. The molecule has 0 radical (unpaired) electrons. The van der Waals surface area contributed by atoms with Crippen molar-refractivity contribution in [2.24, 2.45) is 0 Å². The lowest BCUT2D eigenvalue weighted by molar-refractivity contribution is -0.176. The third-order valence-electron chi connectivity index (χ3n) is 4.31. The predicted molar refractivity (Wildman–Crippen MR) is 99.7 cm³/mol. The Morgan fingerprint density at radius 2 is 1.23 bits per heavy atom. The summed E-state index contributed by atoms with van der Waals surface area (Å²) in [7, 11) is 0. The lowest BCUT2D eigenvalue weighted by Crippen LogP contribution is -2.48. The van der Waals surface area contributed by atoms with Gasteiger partial charge in [0.2, 0.25) is 5.60 Å². The summed E-state index contributed by atoms with van der Waals surface area (Å²) in [6.07, 6.45) is 9.21. The minimum atomic E-state index is -2.46. The Balaban J connectivity index is 4.25. The van der Waals surface area contributed by atoms with Crippen LogP contribution in [0.3, 0.4) is 0 Å². The zero-order valence-electron chi connectivity index (χ0n) is 16.7. The molecule has 0 aliphatic heterocycles. The van der Waals surface area contributed by atoms with Crippen molar-refractivity contribution in [3.8, 4) is 0 Å². The zero-order valence-corrected chi connectivity index (χ0v) is 16.7. The van der Waals surface area contributed by atoms with Crippen LogP contribution in [-0.2, 0) is 23.9 Å². The number of hydrogen-bond donors (Lipinski definition) is 1. The van der Waals surface area contributed by atoms with Gasteiger partial charge in [-0.25, -0.2) is 4.79 Å². The summed E-state index contributed by atoms with van der Waals surface area (Å²) in [6, 6.07) is 0. The standard InChI is InChI=1S/C20H36O6/c1-4-6-8-10-12-14-25-18(22)16-20(24,17(3)21)19(23)26-15-13-11-9-7-5-2/h24H,4-16H2,1-3H3/t20-/m0/s1. The van der Waals surface area contributed by atoms with E-state index in [4.69, 9.17) is 9.47 Å². The lowest BCUT2D eigenvalue weighted by atomic mass is 9.95. The van der Waals surface area contributed by atoms with Gasteiger partial charge in [-0.3, -0.25) is 9.59 Å². The highest BCUT2D eigenvalue weighted by Gasteiger charge is 2.45. The molecule has 0 heterocycles. The van der Waals surface area contributed by atoms with Crippen molar-refractivity contribution in [3.05, 3.63) is 0 Å². The van der Waals surface area contributed by atoms with E-state index in [1.165, 1.54) is 0 Å². The van der Waals surface area contributed by atoms with Crippen LogP contribution in [0.25, 0.3) is 0 Å². The summed E-state index contributed by atoms with van der Waals surface area (Å²) in [6.45, 7) is 5.65. The fraction of sp³-hybridized carbons (Fsp3) is 0.850. The Bertz CT molecular complexity index is 421. The first-order valence-corrected chi connectivity index (χ1v) is 9.94. The van der Waals surface area contributed by atoms with Crippen molar-refractivity contribution in [2.45, 2.75) is 97.0 Å². The molecule has 0 rings (SSSR count). The number of ether oxygens (including phenoxy) is 2. The fourth-order valence-corrected chi connectivity index (χ4v) is 2.48. The predicted octanol–water partition coefficient (Wildman–Crippen LogP) is 3.72. The van der Waals surface area contributed by atoms with Crippen molar-refractivity contribution in [1.29, 1.82) is 0 Å². The largest absolute Gasteiger partial charge is 0.466 e. The van der Waals surface area contributed by atoms with Crippen LogP contribution in [0.1, 0.15) is 91.4 Å². The highest BCUT2D eigenvalue weighted by Crippen LogP contribution is 2.16. The molecule has 26 heavy (non-hydrogen) atoms. The van der Waals surface area contributed by atoms with Crippen molar-refractivity contribution in [3.63, 3.8) is 0 Å². The van der Waals surface area contributed by atoms with E-state index >= 15 is 0 Å². The van der Waals surface area contributed by atoms with Gasteiger partial charge < -0.3 is 14.6 Å². The summed E-state index contributed by atoms with van der Waals surface area (Å²) in [5.74, 6) is -2.65. The SMILES string of the molecule is CCCCCCCOC(=O)C[C@](O)(C(C)=O)C(=O)OCCCCCCC. The summed E-state index contributed by atoms with van der Waals surface area (Å²) in [5, 5.41) is 10.3. The molecular formula is C20H36O6. The van der Waals surface area contributed by atoms with Gasteiger partial charge in [-0.1, -0.05) is 65.2 Å². The molecule has 6 nitrogen and oxygen atoms in total. The van der Waals surface area contributed by atoms with E-state index in [0.717, 1.165) is 64.7 Å². The molecule has 0 aromatic rings.